The van der Waals surface area contributed by atoms with Crippen LogP contribution in [0, 0.1) is 34.5 Å². The van der Waals surface area contributed by atoms with Crippen molar-refractivity contribution in [2.24, 2.45) is 39.5 Å². The van der Waals surface area contributed by atoms with Crippen LogP contribution < -0.4 is 64.2 Å². The molecule has 212 valence electrons. The van der Waals surface area contributed by atoms with Gasteiger partial charge in [0.1, 0.15) is 15.3 Å². The summed E-state index contributed by atoms with van der Waals surface area (Å²) >= 11 is 4.24. The third kappa shape index (κ3) is 8.78. The van der Waals surface area contributed by atoms with Gasteiger partial charge in [0.2, 0.25) is 0 Å². The summed E-state index contributed by atoms with van der Waals surface area (Å²) in [6, 6.07) is -0.146. The van der Waals surface area contributed by atoms with Gasteiger partial charge in [-0.2, -0.15) is 4.21 Å². The van der Waals surface area contributed by atoms with Gasteiger partial charge in [0.05, 0.1) is 6.04 Å². The number of carbonyl (C=O) groups is 1. The van der Waals surface area contributed by atoms with E-state index >= 15 is 0 Å². The first-order valence-corrected chi connectivity index (χ1v) is 18.0. The van der Waals surface area contributed by atoms with Gasteiger partial charge in [-0.3, -0.25) is 8.74 Å². The Morgan fingerprint density at radius 1 is 1.05 bits per heavy atom. The summed E-state index contributed by atoms with van der Waals surface area (Å²) in [6.07, 6.45) is 8.08. The molecule has 3 unspecified atom stereocenters. The summed E-state index contributed by atoms with van der Waals surface area (Å²) in [7, 11) is -8.29. The zero-order chi connectivity index (χ0) is 27.2. The number of ether oxygens (including phenoxy) is 1. The van der Waals surface area contributed by atoms with Crippen LogP contribution in [-0.4, -0.2) is 58.1 Å². The van der Waals surface area contributed by atoms with E-state index in [9.17, 15) is 27.1 Å². The number of hydrogen-bond acceptors (Lipinski definition) is 11. The SMILES string of the molecule is C[C@]12CCC3C(CC[C@H]4C[C@@H](OC(=O)COS(=O)(O)=S)CC[C@]34C)[C@@H]1CC[C@@H]2N=C([O-])CSS(=O)(=O)[O-].[Na+].[Na+]. The van der Waals surface area contributed by atoms with Crippen LogP contribution >= 0.6 is 10.8 Å². The van der Waals surface area contributed by atoms with E-state index in [-0.39, 0.29) is 92.9 Å². The number of hydrogen-bond donors (Lipinski definition) is 1. The fourth-order valence-electron chi connectivity index (χ4n) is 8.19. The quantitative estimate of drug-likeness (QED) is 0.0695. The van der Waals surface area contributed by atoms with E-state index in [0.717, 1.165) is 57.8 Å². The second-order valence-electron chi connectivity index (χ2n) is 11.6. The summed E-state index contributed by atoms with van der Waals surface area (Å²) in [4.78, 5) is 16.5. The van der Waals surface area contributed by atoms with Crippen LogP contribution in [0.5, 0.6) is 0 Å². The first-order valence-electron chi connectivity index (χ1n) is 12.8. The molecule has 0 aromatic carbocycles. The van der Waals surface area contributed by atoms with E-state index in [1.54, 1.807) is 0 Å². The average molecular weight is 644 g/mol. The average Bonchev–Trinajstić information content (AvgIpc) is 3.12. The van der Waals surface area contributed by atoms with Gasteiger partial charge in [0.15, 0.2) is 6.61 Å². The van der Waals surface area contributed by atoms with Crippen molar-refractivity contribution in [1.82, 2.24) is 0 Å². The number of esters is 1. The summed E-state index contributed by atoms with van der Waals surface area (Å²) in [5.41, 5.74) is 0.0256. The molecule has 0 bridgehead atoms. The van der Waals surface area contributed by atoms with Crippen molar-refractivity contribution in [3.8, 4) is 0 Å². The zero-order valence-electron chi connectivity index (χ0n) is 23.0. The maximum Gasteiger partial charge on any atom is 1.00 e. The second kappa shape index (κ2) is 14.1. The van der Waals surface area contributed by atoms with Crippen molar-refractivity contribution in [3.05, 3.63) is 0 Å². The predicted molar refractivity (Wildman–Crippen MR) is 139 cm³/mol. The minimum Gasteiger partial charge on any atom is -0.861 e. The number of carbonyl (C=O) groups excluding carboxylic acids is 1. The van der Waals surface area contributed by atoms with Crippen molar-refractivity contribution in [2.45, 2.75) is 83.8 Å². The maximum absolute atomic E-state index is 12.3. The Hall–Kier alpha value is 1.49. The molecule has 0 aromatic rings. The zero-order valence-corrected chi connectivity index (χ0v) is 30.3. The molecule has 4 aliphatic rings. The van der Waals surface area contributed by atoms with E-state index in [1.807, 2.05) is 0 Å². The largest absolute Gasteiger partial charge is 1.00 e. The molecule has 0 amide bonds. The Bertz CT molecular complexity index is 1140. The number of aliphatic imine (C=N–C) groups is 1. The van der Waals surface area contributed by atoms with Gasteiger partial charge in [0, 0.05) is 16.9 Å². The Morgan fingerprint density at radius 2 is 1.69 bits per heavy atom. The van der Waals surface area contributed by atoms with Crippen LogP contribution in [0.2, 0.25) is 0 Å². The topological polar surface area (TPSA) is 165 Å². The predicted octanol–water partition coefficient (Wildman–Crippen LogP) is -3.58. The summed E-state index contributed by atoms with van der Waals surface area (Å²) < 4.78 is 62.7. The number of fused-ring (bicyclic) bond motifs is 5. The molecule has 39 heavy (non-hydrogen) atoms. The van der Waals surface area contributed by atoms with Crippen LogP contribution in [0.3, 0.4) is 0 Å². The van der Waals surface area contributed by atoms with Crippen molar-refractivity contribution >= 4 is 52.1 Å². The molecular weight excluding hydrogens is 608 g/mol. The maximum atomic E-state index is 12.3. The fraction of sp³-hybridized carbons (Fsp3) is 0.913. The molecule has 10 nitrogen and oxygen atoms in total. The standard InChI is InChI=1S/C23H37NO9S4.2Na/c1-22-9-7-15(33-21(26)12-32-37(30,31)34)11-14(22)3-4-16-17-5-6-19(23(17,2)10-8-18(16)22)24-20(25)13-35-36(27,28)29;;/h14-19H,3-13H2,1-2H3,(H,24,25)(H,27,28,29)(H,30,31,34);;/q;2*+1/p-2/t14-,15-,16?,17-,18?,19-,22-,23-;;/m0../s1. The van der Waals surface area contributed by atoms with E-state index < -0.39 is 42.4 Å². The smallest absolute Gasteiger partial charge is 0.861 e. The monoisotopic (exact) mass is 643 g/mol. The summed E-state index contributed by atoms with van der Waals surface area (Å²) in [6.45, 7) is 3.96. The van der Waals surface area contributed by atoms with Crippen molar-refractivity contribution in [1.29, 1.82) is 0 Å². The van der Waals surface area contributed by atoms with Crippen LogP contribution in [0.25, 0.3) is 0 Å². The molecule has 4 aliphatic carbocycles. The van der Waals surface area contributed by atoms with Crippen molar-refractivity contribution in [3.63, 3.8) is 0 Å². The molecule has 16 heteroatoms. The van der Waals surface area contributed by atoms with Crippen LogP contribution in [0.15, 0.2) is 4.99 Å². The normalized spacial score (nSPS) is 39.5. The van der Waals surface area contributed by atoms with E-state index in [1.165, 1.54) is 0 Å². The van der Waals surface area contributed by atoms with Gasteiger partial charge < -0.3 is 19.4 Å². The van der Waals surface area contributed by atoms with Crippen LogP contribution in [-0.2, 0) is 43.1 Å². The van der Waals surface area contributed by atoms with Crippen molar-refractivity contribution in [2.75, 3.05) is 12.4 Å². The third-order valence-electron chi connectivity index (χ3n) is 9.82. The van der Waals surface area contributed by atoms with Gasteiger partial charge in [-0.15, -0.1) is 0 Å². The van der Waals surface area contributed by atoms with Crippen molar-refractivity contribution < 1.29 is 99.7 Å². The van der Waals surface area contributed by atoms with Gasteiger partial charge in [0.25, 0.3) is 9.05 Å². The van der Waals surface area contributed by atoms with Gasteiger partial charge in [-0.05, 0) is 109 Å². The Morgan fingerprint density at radius 3 is 2.33 bits per heavy atom. The number of nitrogens with zero attached hydrogens (tertiary/aromatic N) is 1. The van der Waals surface area contributed by atoms with E-state index in [4.69, 9.17) is 9.29 Å². The molecule has 0 aromatic heterocycles. The molecule has 0 aliphatic heterocycles. The molecule has 0 spiro atoms. The van der Waals surface area contributed by atoms with Crippen LogP contribution in [0.1, 0.15) is 71.6 Å². The minimum atomic E-state index is -4.52. The Labute approximate surface area is 284 Å². The van der Waals surface area contributed by atoms with E-state index in [0.29, 0.717) is 23.7 Å². The van der Waals surface area contributed by atoms with Gasteiger partial charge >= 0.3 is 65.1 Å². The fourth-order valence-corrected chi connectivity index (χ4v) is 9.63. The molecule has 0 heterocycles. The molecule has 0 radical (unpaired) electrons. The molecule has 0 saturated heterocycles. The third-order valence-corrected chi connectivity index (χ3v) is 12.4. The Balaban J connectivity index is 0.00000267. The minimum absolute atomic E-state index is 0. The van der Waals surface area contributed by atoms with E-state index in [2.05, 4.69) is 34.2 Å². The molecule has 4 fully saturated rings. The first-order chi connectivity index (χ1) is 17.1. The second-order valence-corrected chi connectivity index (χ2v) is 17.2. The Kier molecular flexibility index (Phi) is 13.2. The summed E-state index contributed by atoms with van der Waals surface area (Å²) in [5, 5.41) is 12.3. The van der Waals surface area contributed by atoms with Gasteiger partial charge in [-0.1, -0.05) is 13.8 Å². The molecular formula is C23H35NNa2O9S4. The molecule has 1 N–H and O–H groups in total. The molecule has 4 rings (SSSR count). The van der Waals surface area contributed by atoms with Crippen LogP contribution in [0.4, 0.5) is 0 Å². The molecule has 9 atom stereocenters. The number of rotatable bonds is 8. The molecule has 4 saturated carbocycles. The summed E-state index contributed by atoms with van der Waals surface area (Å²) in [5.74, 6) is 0.300. The first kappa shape index (κ1) is 36.7. The van der Waals surface area contributed by atoms with Gasteiger partial charge in [-0.25, -0.2) is 13.2 Å².